The molecule has 0 fully saturated rings. The summed E-state index contributed by atoms with van der Waals surface area (Å²) in [4.78, 5) is 4.51. The molecule has 0 aliphatic rings. The van der Waals surface area contributed by atoms with Crippen molar-refractivity contribution in [1.29, 1.82) is 0 Å². The zero-order chi connectivity index (χ0) is 14.8. The fourth-order valence-corrected chi connectivity index (χ4v) is 2.82. The number of aliphatic hydroxyl groups excluding tert-OH is 1. The maximum atomic E-state index is 12.9. The van der Waals surface area contributed by atoms with Crippen LogP contribution in [0.15, 0.2) is 29.6 Å². The summed E-state index contributed by atoms with van der Waals surface area (Å²) >= 11 is 1.44. The van der Waals surface area contributed by atoms with Crippen molar-refractivity contribution in [3.63, 3.8) is 0 Å². The summed E-state index contributed by atoms with van der Waals surface area (Å²) in [6, 6.07) is 6.21. The number of rotatable bonds is 4. The van der Waals surface area contributed by atoms with E-state index in [-0.39, 0.29) is 12.4 Å². The lowest BCUT2D eigenvalue weighted by molar-refractivity contribution is 0.298. The summed E-state index contributed by atoms with van der Waals surface area (Å²) < 4.78 is 14.6. The van der Waals surface area contributed by atoms with Gasteiger partial charge in [-0.2, -0.15) is 4.68 Å². The van der Waals surface area contributed by atoms with Gasteiger partial charge in [0.2, 0.25) is 5.13 Å². The maximum absolute atomic E-state index is 12.9. The van der Waals surface area contributed by atoms with Gasteiger partial charge >= 0.3 is 0 Å². The van der Waals surface area contributed by atoms with Crippen molar-refractivity contribution in [2.75, 3.05) is 6.61 Å². The Hall–Kier alpha value is -2.12. The molecule has 0 radical (unpaired) electrons. The van der Waals surface area contributed by atoms with Crippen LogP contribution in [0.5, 0.6) is 0 Å². The Morgan fingerprint density at radius 2 is 2.05 bits per heavy atom. The van der Waals surface area contributed by atoms with Crippen molar-refractivity contribution >= 4 is 11.3 Å². The van der Waals surface area contributed by atoms with E-state index >= 15 is 0 Å². The maximum Gasteiger partial charge on any atom is 0.212 e. The first-order valence-electron chi connectivity index (χ1n) is 6.43. The average molecular weight is 304 g/mol. The highest BCUT2D eigenvalue weighted by atomic mass is 32.1. The molecule has 0 aliphatic heterocycles. The van der Waals surface area contributed by atoms with E-state index in [0.717, 1.165) is 22.6 Å². The molecular formula is C14H13FN4OS. The van der Waals surface area contributed by atoms with E-state index in [1.165, 1.54) is 23.5 Å². The average Bonchev–Trinajstić information content (AvgIpc) is 3.08. The molecule has 3 aromatic rings. The smallest absolute Gasteiger partial charge is 0.212 e. The second kappa shape index (κ2) is 5.71. The van der Waals surface area contributed by atoms with Crippen molar-refractivity contribution in [1.82, 2.24) is 20.0 Å². The Morgan fingerprint density at radius 3 is 2.76 bits per heavy atom. The molecule has 1 N–H and O–H groups in total. The summed E-state index contributed by atoms with van der Waals surface area (Å²) in [7, 11) is 0. The molecular weight excluding hydrogens is 291 g/mol. The molecule has 0 saturated carbocycles. The summed E-state index contributed by atoms with van der Waals surface area (Å²) in [5, 5.41) is 19.7. The van der Waals surface area contributed by atoms with Gasteiger partial charge in [0, 0.05) is 24.0 Å². The first-order valence-corrected chi connectivity index (χ1v) is 7.31. The summed E-state index contributed by atoms with van der Waals surface area (Å²) in [6.07, 6.45) is 0.474. The van der Waals surface area contributed by atoms with Crippen LogP contribution in [0.25, 0.3) is 16.4 Å². The number of nitrogens with zero attached hydrogens (tertiary/aromatic N) is 4. The Labute approximate surface area is 124 Å². The molecule has 0 atom stereocenters. The van der Waals surface area contributed by atoms with Gasteiger partial charge in [-0.25, -0.2) is 9.37 Å². The summed E-state index contributed by atoms with van der Waals surface area (Å²) in [5.41, 5.74) is 3.25. The van der Waals surface area contributed by atoms with Gasteiger partial charge in [0.25, 0.3) is 0 Å². The molecule has 2 aromatic heterocycles. The van der Waals surface area contributed by atoms with Gasteiger partial charge in [0.15, 0.2) is 0 Å². The van der Waals surface area contributed by atoms with Gasteiger partial charge in [0.05, 0.1) is 17.1 Å². The van der Waals surface area contributed by atoms with Crippen LogP contribution in [0.3, 0.4) is 0 Å². The lowest BCUT2D eigenvalue weighted by Gasteiger charge is -1.99. The molecule has 21 heavy (non-hydrogen) atoms. The van der Waals surface area contributed by atoms with Gasteiger partial charge in [-0.15, -0.1) is 16.4 Å². The van der Waals surface area contributed by atoms with Crippen LogP contribution in [0, 0.1) is 12.7 Å². The van der Waals surface area contributed by atoms with Crippen LogP contribution in [0.2, 0.25) is 0 Å². The fraction of sp³-hybridized carbons (Fsp3) is 0.214. The minimum atomic E-state index is -0.269. The summed E-state index contributed by atoms with van der Waals surface area (Å²) in [5.74, 6) is -0.269. The van der Waals surface area contributed by atoms with Crippen molar-refractivity contribution in [3.8, 4) is 16.4 Å². The van der Waals surface area contributed by atoms with Crippen molar-refractivity contribution in [3.05, 3.63) is 46.9 Å². The lowest BCUT2D eigenvalue weighted by atomic mass is 10.2. The van der Waals surface area contributed by atoms with E-state index in [2.05, 4.69) is 15.3 Å². The minimum Gasteiger partial charge on any atom is -0.396 e. The standard InChI is InChI=1S/C14H13FN4OS/c1-9-12(6-7-20)17-18-19(9)14-16-13(8-21-14)10-2-4-11(15)5-3-10/h2-5,8,20H,6-7H2,1H3. The zero-order valence-electron chi connectivity index (χ0n) is 11.3. The van der Waals surface area contributed by atoms with Crippen LogP contribution in [-0.4, -0.2) is 31.7 Å². The number of benzene rings is 1. The van der Waals surface area contributed by atoms with Crippen molar-refractivity contribution < 1.29 is 9.50 Å². The highest BCUT2D eigenvalue weighted by molar-refractivity contribution is 7.12. The molecule has 0 spiro atoms. The van der Waals surface area contributed by atoms with Gasteiger partial charge in [0.1, 0.15) is 5.82 Å². The molecule has 0 unspecified atom stereocenters. The predicted octanol–water partition coefficient (Wildman–Crippen LogP) is 2.37. The normalized spacial score (nSPS) is 11.0. The molecule has 7 heteroatoms. The second-order valence-electron chi connectivity index (χ2n) is 4.53. The molecule has 3 rings (SSSR count). The van der Waals surface area contributed by atoms with E-state index in [0.29, 0.717) is 11.6 Å². The lowest BCUT2D eigenvalue weighted by Crippen LogP contribution is -2.00. The number of aliphatic hydroxyl groups is 1. The Kier molecular flexibility index (Phi) is 3.76. The Morgan fingerprint density at radius 1 is 1.29 bits per heavy atom. The third-order valence-corrected chi connectivity index (χ3v) is 3.97. The van der Waals surface area contributed by atoms with Crippen molar-refractivity contribution in [2.45, 2.75) is 13.3 Å². The molecule has 0 amide bonds. The molecule has 0 saturated heterocycles. The highest BCUT2D eigenvalue weighted by Gasteiger charge is 2.13. The van der Waals surface area contributed by atoms with Gasteiger partial charge < -0.3 is 5.11 Å². The molecule has 5 nitrogen and oxygen atoms in total. The predicted molar refractivity (Wildman–Crippen MR) is 78.0 cm³/mol. The number of hydrogen-bond acceptors (Lipinski definition) is 5. The summed E-state index contributed by atoms with van der Waals surface area (Å²) in [6.45, 7) is 1.93. The zero-order valence-corrected chi connectivity index (χ0v) is 12.1. The Balaban J connectivity index is 1.93. The first kappa shape index (κ1) is 13.8. The van der Waals surface area contributed by atoms with E-state index in [9.17, 15) is 4.39 Å². The largest absolute Gasteiger partial charge is 0.396 e. The van der Waals surface area contributed by atoms with E-state index in [1.807, 2.05) is 12.3 Å². The third kappa shape index (κ3) is 2.70. The van der Waals surface area contributed by atoms with Gasteiger partial charge in [-0.1, -0.05) is 5.21 Å². The Bertz CT molecular complexity index is 751. The minimum absolute atomic E-state index is 0.0399. The van der Waals surface area contributed by atoms with E-state index in [1.54, 1.807) is 16.8 Å². The monoisotopic (exact) mass is 304 g/mol. The van der Waals surface area contributed by atoms with Gasteiger partial charge in [-0.05, 0) is 31.2 Å². The number of aromatic nitrogens is 4. The van der Waals surface area contributed by atoms with Crippen LogP contribution >= 0.6 is 11.3 Å². The molecule has 0 bridgehead atoms. The van der Waals surface area contributed by atoms with Gasteiger partial charge in [-0.3, -0.25) is 0 Å². The second-order valence-corrected chi connectivity index (χ2v) is 5.37. The van der Waals surface area contributed by atoms with Crippen LogP contribution in [0.4, 0.5) is 4.39 Å². The van der Waals surface area contributed by atoms with Crippen LogP contribution in [-0.2, 0) is 6.42 Å². The van der Waals surface area contributed by atoms with Crippen LogP contribution in [0.1, 0.15) is 11.4 Å². The molecule has 2 heterocycles. The van der Waals surface area contributed by atoms with Crippen LogP contribution < -0.4 is 0 Å². The van der Waals surface area contributed by atoms with E-state index < -0.39 is 0 Å². The molecule has 108 valence electrons. The topological polar surface area (TPSA) is 63.8 Å². The van der Waals surface area contributed by atoms with Crippen molar-refractivity contribution in [2.24, 2.45) is 0 Å². The highest BCUT2D eigenvalue weighted by Crippen LogP contribution is 2.25. The first-order chi connectivity index (χ1) is 10.2. The van der Waals surface area contributed by atoms with E-state index in [4.69, 9.17) is 5.11 Å². The molecule has 1 aromatic carbocycles. The number of halogens is 1. The number of hydrogen-bond donors (Lipinski definition) is 1. The third-order valence-electron chi connectivity index (χ3n) is 3.15. The molecule has 0 aliphatic carbocycles. The fourth-order valence-electron chi connectivity index (χ4n) is 1.99. The quantitative estimate of drug-likeness (QED) is 0.804. The SMILES string of the molecule is Cc1c(CCO)nnn1-c1nc(-c2ccc(F)cc2)cs1. The number of thiazole rings is 1.